The molecule has 3 aromatic heterocycles. The normalized spacial score (nSPS) is 12.3. The van der Waals surface area contributed by atoms with E-state index in [4.69, 9.17) is 0 Å². The maximum atomic E-state index is 15.1. The molecule has 0 saturated carbocycles. The van der Waals surface area contributed by atoms with Gasteiger partial charge in [-0.15, -0.1) is 0 Å². The number of benzene rings is 2. The minimum absolute atomic E-state index is 0.0566. The first-order valence-corrected chi connectivity index (χ1v) is 16.8. The summed E-state index contributed by atoms with van der Waals surface area (Å²) in [5.41, 5.74) is -2.93. The minimum atomic E-state index is -4.46. The Labute approximate surface area is 294 Å². The van der Waals surface area contributed by atoms with E-state index in [1.54, 1.807) is 20.8 Å². The number of rotatable bonds is 10. The van der Waals surface area contributed by atoms with Crippen molar-refractivity contribution in [1.82, 2.24) is 24.4 Å². The van der Waals surface area contributed by atoms with Gasteiger partial charge < -0.3 is 15.7 Å². The van der Waals surface area contributed by atoms with Gasteiger partial charge in [0.25, 0.3) is 21.5 Å². The SMILES string of the molecule is Cn1c(=O)n(-c2ccc(C[C@H](NC(=O)c3cc(F)c(NS(=O)(=O)c4ccc(NC(=O)C(C)(C)C)cc4)cc3F)C(=O)O)cn2)c(=O)c2ccncc21. The number of pyridine rings is 2. The quantitative estimate of drug-likeness (QED) is 0.165. The van der Waals surface area contributed by atoms with Crippen LogP contribution in [0.2, 0.25) is 0 Å². The van der Waals surface area contributed by atoms with E-state index in [0.29, 0.717) is 23.3 Å². The van der Waals surface area contributed by atoms with Crippen molar-refractivity contribution in [2.75, 3.05) is 10.0 Å². The molecule has 0 bridgehead atoms. The molecule has 0 aliphatic rings. The van der Waals surface area contributed by atoms with Crippen molar-refractivity contribution in [3.63, 3.8) is 0 Å². The predicted octanol–water partition coefficient (Wildman–Crippen LogP) is 2.97. The van der Waals surface area contributed by atoms with Crippen LogP contribution in [-0.2, 0) is 33.1 Å². The molecule has 0 fully saturated rings. The summed E-state index contributed by atoms with van der Waals surface area (Å²) < 4.78 is 59.9. The van der Waals surface area contributed by atoms with Crippen LogP contribution in [-0.4, -0.2) is 56.5 Å². The molecule has 0 aliphatic heterocycles. The molecule has 2 aromatic carbocycles. The number of nitrogens with zero attached hydrogens (tertiary/aromatic N) is 4. The second-order valence-electron chi connectivity index (χ2n) is 12.6. The first kappa shape index (κ1) is 37.0. The number of aryl methyl sites for hydroxylation is 1. The molecule has 52 heavy (non-hydrogen) atoms. The highest BCUT2D eigenvalue weighted by molar-refractivity contribution is 7.92. The Morgan fingerprint density at radius 2 is 1.65 bits per heavy atom. The molecular formula is C34H31F2N7O8S. The van der Waals surface area contributed by atoms with E-state index in [1.165, 1.54) is 60.5 Å². The number of anilines is 2. The summed E-state index contributed by atoms with van der Waals surface area (Å²) in [6.07, 6.45) is 3.57. The average molecular weight is 736 g/mol. The number of halogens is 2. The monoisotopic (exact) mass is 735 g/mol. The third kappa shape index (κ3) is 7.70. The maximum absolute atomic E-state index is 15.1. The Kier molecular flexibility index (Phi) is 10.1. The number of aromatic nitrogens is 4. The largest absolute Gasteiger partial charge is 0.480 e. The number of carbonyl (C=O) groups excluding carboxylic acids is 2. The number of sulfonamides is 1. The molecule has 0 spiro atoms. The molecule has 1 atom stereocenters. The van der Waals surface area contributed by atoms with E-state index in [2.05, 4.69) is 20.6 Å². The summed E-state index contributed by atoms with van der Waals surface area (Å²) in [4.78, 5) is 70.8. The van der Waals surface area contributed by atoms with Gasteiger partial charge in [-0.05, 0) is 48.0 Å². The number of nitrogens with one attached hydrogen (secondary N) is 3. The lowest BCUT2D eigenvalue weighted by atomic mass is 9.95. The van der Waals surface area contributed by atoms with Gasteiger partial charge in [-0.3, -0.25) is 28.7 Å². The molecule has 5 aromatic rings. The summed E-state index contributed by atoms with van der Waals surface area (Å²) in [5.74, 6) is -5.89. The summed E-state index contributed by atoms with van der Waals surface area (Å²) in [5, 5.41) is 14.7. The summed E-state index contributed by atoms with van der Waals surface area (Å²) in [6, 6.07) is 8.25. The van der Waals surface area contributed by atoms with Gasteiger partial charge in [-0.2, -0.15) is 0 Å². The van der Waals surface area contributed by atoms with Crippen LogP contribution in [0, 0.1) is 17.0 Å². The highest BCUT2D eigenvalue weighted by Gasteiger charge is 2.26. The number of fused-ring (bicyclic) bond motifs is 1. The number of hydrogen-bond donors (Lipinski definition) is 4. The third-order valence-corrected chi connectivity index (χ3v) is 9.19. The van der Waals surface area contributed by atoms with Crippen LogP contribution in [0.25, 0.3) is 16.7 Å². The van der Waals surface area contributed by atoms with Crippen LogP contribution >= 0.6 is 0 Å². The van der Waals surface area contributed by atoms with E-state index in [9.17, 15) is 37.5 Å². The number of carbonyl (C=O) groups is 3. The van der Waals surface area contributed by atoms with Crippen molar-refractivity contribution in [3.05, 3.63) is 117 Å². The van der Waals surface area contributed by atoms with E-state index >= 15 is 8.78 Å². The molecule has 15 nitrogen and oxygen atoms in total. The van der Waals surface area contributed by atoms with Gasteiger partial charge in [0.1, 0.15) is 23.5 Å². The van der Waals surface area contributed by atoms with Crippen molar-refractivity contribution in [3.8, 4) is 5.82 Å². The number of amides is 2. The second kappa shape index (κ2) is 14.1. The minimum Gasteiger partial charge on any atom is -0.480 e. The van der Waals surface area contributed by atoms with E-state index in [1.807, 2.05) is 4.72 Å². The van der Waals surface area contributed by atoms with E-state index in [-0.39, 0.29) is 34.0 Å². The lowest BCUT2D eigenvalue weighted by Crippen LogP contribution is -2.42. The van der Waals surface area contributed by atoms with Crippen molar-refractivity contribution in [2.45, 2.75) is 38.1 Å². The average Bonchev–Trinajstić information content (AvgIpc) is 3.08. The summed E-state index contributed by atoms with van der Waals surface area (Å²) in [6.45, 7) is 5.08. The maximum Gasteiger partial charge on any atom is 0.337 e. The molecule has 5 rings (SSSR count). The van der Waals surface area contributed by atoms with Crippen molar-refractivity contribution >= 4 is 50.1 Å². The fourth-order valence-electron chi connectivity index (χ4n) is 4.88. The molecular weight excluding hydrogens is 704 g/mol. The number of aliphatic carboxylic acids is 1. The lowest BCUT2D eigenvalue weighted by molar-refractivity contribution is -0.139. The van der Waals surface area contributed by atoms with Gasteiger partial charge in [0, 0.05) is 43.0 Å². The molecule has 2 amide bonds. The zero-order chi connectivity index (χ0) is 38.1. The first-order chi connectivity index (χ1) is 24.4. The zero-order valence-electron chi connectivity index (χ0n) is 28.0. The lowest BCUT2D eigenvalue weighted by Gasteiger charge is -2.18. The molecule has 18 heteroatoms. The summed E-state index contributed by atoms with van der Waals surface area (Å²) in [7, 11) is -3.00. The van der Waals surface area contributed by atoms with Crippen molar-refractivity contribution in [1.29, 1.82) is 0 Å². The van der Waals surface area contributed by atoms with Crippen LogP contribution < -0.4 is 26.6 Å². The zero-order valence-corrected chi connectivity index (χ0v) is 28.8. The number of carboxylic acids is 1. The molecule has 0 unspecified atom stereocenters. The third-order valence-electron chi connectivity index (χ3n) is 7.80. The van der Waals surface area contributed by atoms with Gasteiger partial charge in [0.15, 0.2) is 0 Å². The van der Waals surface area contributed by atoms with Crippen LogP contribution in [0.4, 0.5) is 20.2 Å². The Morgan fingerprint density at radius 3 is 2.27 bits per heavy atom. The second-order valence-corrected chi connectivity index (χ2v) is 14.3. The van der Waals surface area contributed by atoms with Gasteiger partial charge in [-0.25, -0.2) is 36.3 Å². The van der Waals surface area contributed by atoms with Crippen LogP contribution in [0.1, 0.15) is 36.7 Å². The van der Waals surface area contributed by atoms with Crippen LogP contribution in [0.5, 0.6) is 0 Å². The summed E-state index contributed by atoms with van der Waals surface area (Å²) >= 11 is 0. The molecule has 0 aliphatic carbocycles. The van der Waals surface area contributed by atoms with Gasteiger partial charge in [-0.1, -0.05) is 26.8 Å². The Bertz CT molecular complexity index is 2460. The highest BCUT2D eigenvalue weighted by Crippen LogP contribution is 2.25. The van der Waals surface area contributed by atoms with Crippen molar-refractivity contribution < 1.29 is 36.7 Å². The van der Waals surface area contributed by atoms with E-state index in [0.717, 1.165) is 16.7 Å². The number of carboxylic acid groups (broad SMARTS) is 1. The Hall–Kier alpha value is -6.30. The van der Waals surface area contributed by atoms with Gasteiger partial charge >= 0.3 is 11.7 Å². The van der Waals surface area contributed by atoms with Crippen LogP contribution in [0.15, 0.2) is 87.7 Å². The first-order valence-electron chi connectivity index (χ1n) is 15.4. The topological polar surface area (TPSA) is 211 Å². The number of hydrogen-bond acceptors (Lipinski definition) is 9. The van der Waals surface area contributed by atoms with Crippen LogP contribution in [0.3, 0.4) is 0 Å². The van der Waals surface area contributed by atoms with Gasteiger partial charge in [0.2, 0.25) is 5.91 Å². The molecule has 3 heterocycles. The fraction of sp³-hybridized carbons (Fsp3) is 0.206. The molecule has 270 valence electrons. The molecule has 4 N–H and O–H groups in total. The van der Waals surface area contributed by atoms with Crippen molar-refractivity contribution in [2.24, 2.45) is 12.5 Å². The van der Waals surface area contributed by atoms with Gasteiger partial charge in [0.05, 0.1) is 33.2 Å². The smallest absolute Gasteiger partial charge is 0.337 e. The Balaban J connectivity index is 1.29. The molecule has 0 radical (unpaired) electrons. The fourth-order valence-corrected chi connectivity index (χ4v) is 5.94. The standard InChI is InChI=1S/C34H31F2N7O8S/c1-34(2,3)32(48)39-19-6-8-20(9-7-19)52(50,51)41-25-15-23(35)22(14-24(25)36)29(44)40-26(31(46)47)13-18-5-10-28(38-16-18)43-30(45)21-11-12-37-17-27(21)42(4)33(43)49/h5-12,14-17,26,41H,13H2,1-4H3,(H,39,48)(H,40,44)(H,46,47)/t26-/m0/s1. The highest BCUT2D eigenvalue weighted by atomic mass is 32.2. The molecule has 0 saturated heterocycles. The van der Waals surface area contributed by atoms with E-state index < -0.39 is 67.5 Å². The Morgan fingerprint density at radius 1 is 0.962 bits per heavy atom. The predicted molar refractivity (Wildman–Crippen MR) is 185 cm³/mol.